The van der Waals surface area contributed by atoms with Crippen molar-refractivity contribution in [1.29, 1.82) is 0 Å². The van der Waals surface area contributed by atoms with Crippen molar-refractivity contribution in [1.82, 2.24) is 0 Å². The van der Waals surface area contributed by atoms with Gasteiger partial charge in [0.25, 0.3) is 0 Å². The van der Waals surface area contributed by atoms with Gasteiger partial charge in [0.15, 0.2) is 5.78 Å². The number of ketones is 1. The monoisotopic (exact) mass is 348 g/mol. The number of methoxy groups -OCH3 is 1. The quantitative estimate of drug-likeness (QED) is 0.855. The van der Waals surface area contributed by atoms with Crippen LogP contribution in [0.1, 0.15) is 31.8 Å². The summed E-state index contributed by atoms with van der Waals surface area (Å²) >= 11 is 3.17. The van der Waals surface area contributed by atoms with Crippen LogP contribution in [0.15, 0.2) is 40.9 Å². The Morgan fingerprint density at radius 2 is 1.86 bits per heavy atom. The fourth-order valence-corrected chi connectivity index (χ4v) is 2.60. The van der Waals surface area contributed by atoms with Crippen LogP contribution in [0.5, 0.6) is 5.75 Å². The first-order valence-corrected chi connectivity index (χ1v) is 6.96. The van der Waals surface area contributed by atoms with E-state index in [4.69, 9.17) is 4.74 Å². The van der Waals surface area contributed by atoms with Crippen LogP contribution in [0.3, 0.4) is 0 Å². The second-order valence-corrected chi connectivity index (χ2v) is 5.35. The van der Waals surface area contributed by atoms with E-state index in [-0.39, 0.29) is 16.9 Å². The van der Waals surface area contributed by atoms with Crippen molar-refractivity contribution in [3.05, 3.63) is 63.1 Å². The van der Waals surface area contributed by atoms with E-state index in [0.29, 0.717) is 15.8 Å². The van der Waals surface area contributed by atoms with Gasteiger partial charge in [-0.3, -0.25) is 4.79 Å². The van der Waals surface area contributed by atoms with Crippen molar-refractivity contribution < 1.29 is 19.4 Å². The Kier molecular flexibility index (Phi) is 4.43. The number of aryl methyl sites for hydroxylation is 1. The van der Waals surface area contributed by atoms with Crippen molar-refractivity contribution in [2.45, 2.75) is 6.92 Å². The van der Waals surface area contributed by atoms with Crippen molar-refractivity contribution in [3.8, 4) is 5.75 Å². The number of benzene rings is 2. The molecule has 0 aliphatic heterocycles. The molecule has 0 aromatic heterocycles. The number of carboxylic acid groups (broad SMARTS) is 1. The molecule has 0 saturated carbocycles. The van der Waals surface area contributed by atoms with E-state index >= 15 is 0 Å². The first kappa shape index (κ1) is 15.3. The molecule has 0 saturated heterocycles. The number of carboxylic acids is 1. The fraction of sp³-hybridized carbons (Fsp3) is 0.125. The summed E-state index contributed by atoms with van der Waals surface area (Å²) < 4.78 is 5.59. The lowest BCUT2D eigenvalue weighted by Crippen LogP contribution is -2.11. The summed E-state index contributed by atoms with van der Waals surface area (Å²) in [5, 5.41) is 9.30. The maximum Gasteiger partial charge on any atom is 0.337 e. The molecule has 108 valence electrons. The van der Waals surface area contributed by atoms with E-state index in [1.54, 1.807) is 30.3 Å². The molecular weight excluding hydrogens is 336 g/mol. The van der Waals surface area contributed by atoms with Gasteiger partial charge in [-0.2, -0.15) is 0 Å². The summed E-state index contributed by atoms with van der Waals surface area (Å²) in [7, 11) is 1.48. The lowest BCUT2D eigenvalue weighted by molar-refractivity contribution is 0.0691. The predicted molar refractivity (Wildman–Crippen MR) is 82.3 cm³/mol. The van der Waals surface area contributed by atoms with Gasteiger partial charge in [0.1, 0.15) is 5.75 Å². The van der Waals surface area contributed by atoms with Crippen LogP contribution in [0.2, 0.25) is 0 Å². The van der Waals surface area contributed by atoms with Gasteiger partial charge in [0, 0.05) is 10.0 Å². The van der Waals surface area contributed by atoms with Gasteiger partial charge >= 0.3 is 5.97 Å². The summed E-state index contributed by atoms with van der Waals surface area (Å²) in [6, 6.07) is 9.88. The minimum absolute atomic E-state index is 0.0508. The molecule has 0 amide bonds. The van der Waals surface area contributed by atoms with Crippen molar-refractivity contribution in [2.24, 2.45) is 0 Å². The number of rotatable bonds is 4. The third kappa shape index (κ3) is 2.97. The van der Waals surface area contributed by atoms with Gasteiger partial charge in [-0.1, -0.05) is 18.2 Å². The fourth-order valence-electron chi connectivity index (χ4n) is 2.06. The summed E-state index contributed by atoms with van der Waals surface area (Å²) in [5.74, 6) is -1.11. The molecule has 2 aromatic carbocycles. The zero-order chi connectivity index (χ0) is 15.6. The Morgan fingerprint density at radius 1 is 1.14 bits per heavy atom. The molecule has 0 unspecified atom stereocenters. The highest BCUT2D eigenvalue weighted by Gasteiger charge is 2.22. The molecule has 0 radical (unpaired) electrons. The van der Waals surface area contributed by atoms with E-state index in [2.05, 4.69) is 15.9 Å². The molecule has 0 bridgehead atoms. The number of ether oxygens (including phenoxy) is 1. The second kappa shape index (κ2) is 6.10. The third-order valence-electron chi connectivity index (χ3n) is 3.07. The average Bonchev–Trinajstić information content (AvgIpc) is 2.45. The van der Waals surface area contributed by atoms with Crippen LogP contribution < -0.4 is 4.74 Å². The predicted octanol–water partition coefficient (Wildman–Crippen LogP) is 3.70. The Labute approximate surface area is 130 Å². The van der Waals surface area contributed by atoms with E-state index in [1.165, 1.54) is 13.2 Å². The molecule has 1 N–H and O–H groups in total. The maximum atomic E-state index is 12.7. The number of carbonyl (C=O) groups is 2. The molecular formula is C16H13BrO4. The van der Waals surface area contributed by atoms with E-state index < -0.39 is 5.97 Å². The Balaban J connectivity index is 2.61. The van der Waals surface area contributed by atoms with E-state index in [9.17, 15) is 14.7 Å². The highest BCUT2D eigenvalue weighted by Crippen LogP contribution is 2.27. The highest BCUT2D eigenvalue weighted by molar-refractivity contribution is 9.10. The Bertz CT molecular complexity index is 722. The molecule has 0 aliphatic rings. The molecule has 0 fully saturated rings. The molecule has 0 atom stereocenters. The normalized spacial score (nSPS) is 10.2. The first-order valence-electron chi connectivity index (χ1n) is 6.17. The minimum atomic E-state index is -1.16. The molecule has 2 rings (SSSR count). The van der Waals surface area contributed by atoms with E-state index in [1.807, 2.05) is 6.92 Å². The SMILES string of the molecule is COc1cc(C)ccc1C(=O)c1cccc(Br)c1C(=O)O. The lowest BCUT2D eigenvalue weighted by Gasteiger charge is -2.11. The third-order valence-corrected chi connectivity index (χ3v) is 3.73. The summed E-state index contributed by atoms with van der Waals surface area (Å²) in [4.78, 5) is 24.0. The van der Waals surface area contributed by atoms with Crippen molar-refractivity contribution in [2.75, 3.05) is 7.11 Å². The zero-order valence-corrected chi connectivity index (χ0v) is 13.1. The molecule has 4 nitrogen and oxygen atoms in total. The van der Waals surface area contributed by atoms with Crippen molar-refractivity contribution in [3.63, 3.8) is 0 Å². The lowest BCUT2D eigenvalue weighted by atomic mass is 9.97. The molecule has 21 heavy (non-hydrogen) atoms. The standard InChI is InChI=1S/C16H13BrO4/c1-9-6-7-10(13(8-9)21-2)15(18)11-4-3-5-12(17)14(11)16(19)20/h3-8H,1-2H3,(H,19,20). The van der Waals surface area contributed by atoms with Gasteiger partial charge in [0.2, 0.25) is 0 Å². The van der Waals surface area contributed by atoms with Crippen LogP contribution in [-0.2, 0) is 0 Å². The number of carbonyl (C=O) groups excluding carboxylic acids is 1. The minimum Gasteiger partial charge on any atom is -0.496 e. The number of aromatic carboxylic acids is 1. The molecule has 5 heteroatoms. The van der Waals surface area contributed by atoms with Crippen LogP contribution in [0.25, 0.3) is 0 Å². The van der Waals surface area contributed by atoms with Crippen LogP contribution in [-0.4, -0.2) is 24.0 Å². The Hall–Kier alpha value is -2.14. The zero-order valence-electron chi connectivity index (χ0n) is 11.5. The Morgan fingerprint density at radius 3 is 2.48 bits per heavy atom. The highest BCUT2D eigenvalue weighted by atomic mass is 79.9. The summed E-state index contributed by atoms with van der Waals surface area (Å²) in [6.07, 6.45) is 0. The largest absolute Gasteiger partial charge is 0.496 e. The summed E-state index contributed by atoms with van der Waals surface area (Å²) in [6.45, 7) is 1.89. The smallest absolute Gasteiger partial charge is 0.337 e. The topological polar surface area (TPSA) is 63.6 Å². The van der Waals surface area contributed by atoms with Crippen molar-refractivity contribution >= 4 is 27.7 Å². The van der Waals surface area contributed by atoms with Gasteiger partial charge < -0.3 is 9.84 Å². The molecule has 0 heterocycles. The van der Waals surface area contributed by atoms with Crippen LogP contribution in [0.4, 0.5) is 0 Å². The number of halogens is 1. The van der Waals surface area contributed by atoms with Crippen LogP contribution >= 0.6 is 15.9 Å². The van der Waals surface area contributed by atoms with E-state index in [0.717, 1.165) is 5.56 Å². The second-order valence-electron chi connectivity index (χ2n) is 4.50. The average molecular weight is 349 g/mol. The van der Waals surface area contributed by atoms with Gasteiger partial charge in [0.05, 0.1) is 18.2 Å². The van der Waals surface area contributed by atoms with Gasteiger partial charge in [-0.25, -0.2) is 4.79 Å². The number of hydrogen-bond donors (Lipinski definition) is 1. The maximum absolute atomic E-state index is 12.7. The molecule has 0 aliphatic carbocycles. The number of hydrogen-bond acceptors (Lipinski definition) is 3. The van der Waals surface area contributed by atoms with Gasteiger partial charge in [-0.15, -0.1) is 0 Å². The summed E-state index contributed by atoms with van der Waals surface area (Å²) in [5.41, 5.74) is 1.36. The molecule has 0 spiro atoms. The molecule has 2 aromatic rings. The van der Waals surface area contributed by atoms with Gasteiger partial charge in [-0.05, 0) is 46.6 Å². The van der Waals surface area contributed by atoms with Crippen LogP contribution in [0, 0.1) is 6.92 Å². The first-order chi connectivity index (χ1) is 9.95.